The van der Waals surface area contributed by atoms with Gasteiger partial charge in [-0.2, -0.15) is 0 Å². The zero-order chi connectivity index (χ0) is 15.2. The van der Waals surface area contributed by atoms with Crippen molar-refractivity contribution in [1.82, 2.24) is 0 Å². The Labute approximate surface area is 124 Å². The van der Waals surface area contributed by atoms with Gasteiger partial charge in [0.1, 0.15) is 5.76 Å². The summed E-state index contributed by atoms with van der Waals surface area (Å²) in [6.07, 6.45) is 10.6. The number of carbonyl (C=O) groups excluding carboxylic acids is 1. The first-order chi connectivity index (χ1) is 9.50. The molecule has 1 fully saturated rings. The zero-order valence-corrected chi connectivity index (χ0v) is 13.8. The molecular weight excluding hydrogens is 248 g/mol. The number of hydrogen-bond donors (Lipinski definition) is 1. The molecule has 1 aliphatic carbocycles. The SMILES string of the molecule is CCC1(C(=O)/C=C(\O)C(CC)(CC)CC)CCCCC1. The molecule has 2 nitrogen and oxygen atoms in total. The van der Waals surface area contributed by atoms with Crippen molar-refractivity contribution in [2.24, 2.45) is 10.8 Å². The fourth-order valence-electron chi connectivity index (χ4n) is 3.73. The molecule has 0 saturated heterocycles. The molecule has 0 amide bonds. The Kier molecular flexibility index (Phi) is 6.29. The number of carbonyl (C=O) groups is 1. The lowest BCUT2D eigenvalue weighted by atomic mass is 9.68. The monoisotopic (exact) mass is 280 g/mol. The number of allylic oxidation sites excluding steroid dienone is 2. The van der Waals surface area contributed by atoms with Crippen LogP contribution in [0.3, 0.4) is 0 Å². The minimum absolute atomic E-state index is 0.164. The van der Waals surface area contributed by atoms with Gasteiger partial charge in [-0.05, 0) is 38.5 Å². The second-order valence-electron chi connectivity index (χ2n) is 6.43. The van der Waals surface area contributed by atoms with Gasteiger partial charge in [0, 0.05) is 16.9 Å². The summed E-state index contributed by atoms with van der Waals surface area (Å²) in [7, 11) is 0. The Morgan fingerprint density at radius 3 is 1.95 bits per heavy atom. The number of aliphatic hydroxyl groups is 1. The van der Waals surface area contributed by atoms with Crippen LogP contribution in [0.4, 0.5) is 0 Å². The third kappa shape index (κ3) is 3.27. The van der Waals surface area contributed by atoms with Gasteiger partial charge in [0.2, 0.25) is 0 Å². The summed E-state index contributed by atoms with van der Waals surface area (Å²) in [4.78, 5) is 12.7. The number of aliphatic hydroxyl groups excluding tert-OH is 1. The van der Waals surface area contributed by atoms with E-state index in [0.717, 1.165) is 51.4 Å². The zero-order valence-electron chi connectivity index (χ0n) is 13.8. The second kappa shape index (κ2) is 7.28. The highest BCUT2D eigenvalue weighted by molar-refractivity contribution is 5.95. The summed E-state index contributed by atoms with van der Waals surface area (Å²) in [5.41, 5.74) is -0.410. The lowest BCUT2D eigenvalue weighted by Crippen LogP contribution is -2.33. The van der Waals surface area contributed by atoms with Crippen molar-refractivity contribution < 1.29 is 9.90 Å². The average Bonchev–Trinajstić information content (AvgIpc) is 2.50. The number of ketones is 1. The van der Waals surface area contributed by atoms with E-state index in [-0.39, 0.29) is 16.6 Å². The Morgan fingerprint density at radius 1 is 1.05 bits per heavy atom. The predicted molar refractivity (Wildman–Crippen MR) is 84.8 cm³/mol. The highest BCUT2D eigenvalue weighted by Gasteiger charge is 2.38. The van der Waals surface area contributed by atoms with Gasteiger partial charge in [-0.25, -0.2) is 0 Å². The predicted octanol–water partition coefficient (Wildman–Crippen LogP) is 5.57. The van der Waals surface area contributed by atoms with E-state index >= 15 is 0 Å². The number of hydrogen-bond acceptors (Lipinski definition) is 2. The summed E-state index contributed by atoms with van der Waals surface area (Å²) < 4.78 is 0. The van der Waals surface area contributed by atoms with Gasteiger partial charge in [0.25, 0.3) is 0 Å². The summed E-state index contributed by atoms with van der Waals surface area (Å²) in [5.74, 6) is 0.477. The smallest absolute Gasteiger partial charge is 0.165 e. The molecule has 1 saturated carbocycles. The van der Waals surface area contributed by atoms with Gasteiger partial charge in [-0.15, -0.1) is 0 Å². The van der Waals surface area contributed by atoms with Gasteiger partial charge < -0.3 is 5.11 Å². The Morgan fingerprint density at radius 2 is 1.55 bits per heavy atom. The first-order valence-electron chi connectivity index (χ1n) is 8.45. The maximum atomic E-state index is 12.7. The lowest BCUT2D eigenvalue weighted by molar-refractivity contribution is -0.126. The van der Waals surface area contributed by atoms with Crippen molar-refractivity contribution in [3.8, 4) is 0 Å². The Balaban J connectivity index is 2.98. The molecular formula is C18H32O2. The highest BCUT2D eigenvalue weighted by atomic mass is 16.3. The van der Waals surface area contributed by atoms with Crippen molar-refractivity contribution in [3.05, 3.63) is 11.8 Å². The maximum Gasteiger partial charge on any atom is 0.165 e. The highest BCUT2D eigenvalue weighted by Crippen LogP contribution is 2.42. The standard InChI is InChI=1S/C18H32O2/c1-5-17(6-2,7-3)15(19)14-16(20)18(8-4)12-10-9-11-13-18/h14,19H,5-13H2,1-4H3/b15-14-. The van der Waals surface area contributed by atoms with E-state index in [1.807, 2.05) is 0 Å². The fourth-order valence-corrected chi connectivity index (χ4v) is 3.73. The molecule has 0 unspecified atom stereocenters. The van der Waals surface area contributed by atoms with Gasteiger partial charge in [-0.1, -0.05) is 47.0 Å². The van der Waals surface area contributed by atoms with Crippen LogP contribution in [0.15, 0.2) is 11.8 Å². The maximum absolute atomic E-state index is 12.7. The lowest BCUT2D eigenvalue weighted by Gasteiger charge is -2.35. The summed E-state index contributed by atoms with van der Waals surface area (Å²) >= 11 is 0. The van der Waals surface area contributed by atoms with Crippen LogP contribution in [0.5, 0.6) is 0 Å². The molecule has 0 aromatic carbocycles. The molecule has 116 valence electrons. The van der Waals surface area contributed by atoms with E-state index in [1.165, 1.54) is 6.42 Å². The molecule has 0 aromatic heterocycles. The van der Waals surface area contributed by atoms with E-state index in [2.05, 4.69) is 27.7 Å². The first-order valence-corrected chi connectivity index (χ1v) is 8.45. The molecule has 0 bridgehead atoms. The second-order valence-corrected chi connectivity index (χ2v) is 6.43. The van der Waals surface area contributed by atoms with E-state index in [1.54, 1.807) is 6.08 Å². The molecule has 20 heavy (non-hydrogen) atoms. The molecule has 0 aliphatic heterocycles. The van der Waals surface area contributed by atoms with Crippen LogP contribution >= 0.6 is 0 Å². The van der Waals surface area contributed by atoms with Crippen molar-refractivity contribution in [2.45, 2.75) is 85.5 Å². The normalized spacial score (nSPS) is 19.9. The molecule has 1 aliphatic rings. The quantitative estimate of drug-likeness (QED) is 0.488. The fraction of sp³-hybridized carbons (Fsp3) is 0.833. The van der Waals surface area contributed by atoms with Crippen molar-refractivity contribution in [1.29, 1.82) is 0 Å². The van der Waals surface area contributed by atoms with Crippen molar-refractivity contribution in [2.75, 3.05) is 0 Å². The summed E-state index contributed by atoms with van der Waals surface area (Å²) in [5, 5.41) is 10.5. The van der Waals surface area contributed by atoms with E-state index in [9.17, 15) is 9.90 Å². The largest absolute Gasteiger partial charge is 0.512 e. The number of rotatable bonds is 7. The van der Waals surface area contributed by atoms with E-state index < -0.39 is 0 Å². The van der Waals surface area contributed by atoms with Crippen LogP contribution in [0.25, 0.3) is 0 Å². The van der Waals surface area contributed by atoms with Crippen LogP contribution in [-0.2, 0) is 4.79 Å². The summed E-state index contributed by atoms with van der Waals surface area (Å²) in [6, 6.07) is 0. The van der Waals surface area contributed by atoms with Crippen LogP contribution in [0.2, 0.25) is 0 Å². The van der Waals surface area contributed by atoms with Crippen molar-refractivity contribution in [3.63, 3.8) is 0 Å². The molecule has 0 spiro atoms. The molecule has 2 heteroatoms. The van der Waals surface area contributed by atoms with Gasteiger partial charge in [0.05, 0.1) is 0 Å². The van der Waals surface area contributed by atoms with E-state index in [0.29, 0.717) is 5.76 Å². The van der Waals surface area contributed by atoms with Crippen LogP contribution in [-0.4, -0.2) is 10.9 Å². The van der Waals surface area contributed by atoms with Crippen molar-refractivity contribution >= 4 is 5.78 Å². The minimum Gasteiger partial charge on any atom is -0.512 e. The van der Waals surface area contributed by atoms with E-state index in [4.69, 9.17) is 0 Å². The molecule has 0 heterocycles. The molecule has 0 atom stereocenters. The van der Waals surface area contributed by atoms with Gasteiger partial charge >= 0.3 is 0 Å². The first kappa shape index (κ1) is 17.3. The van der Waals surface area contributed by atoms with Crippen LogP contribution in [0, 0.1) is 10.8 Å². The Bertz CT molecular complexity index is 336. The minimum atomic E-state index is -0.209. The average molecular weight is 280 g/mol. The molecule has 1 rings (SSSR count). The third-order valence-corrected chi connectivity index (χ3v) is 5.85. The summed E-state index contributed by atoms with van der Waals surface area (Å²) in [6.45, 7) is 8.40. The van der Waals surface area contributed by atoms with Gasteiger partial charge in [-0.3, -0.25) is 4.79 Å². The van der Waals surface area contributed by atoms with Gasteiger partial charge in [0.15, 0.2) is 5.78 Å². The topological polar surface area (TPSA) is 37.3 Å². The van der Waals surface area contributed by atoms with Crippen LogP contribution in [0.1, 0.15) is 85.5 Å². The molecule has 0 radical (unpaired) electrons. The Hall–Kier alpha value is -0.790. The molecule has 0 aromatic rings. The van der Waals surface area contributed by atoms with Crippen LogP contribution < -0.4 is 0 Å². The molecule has 1 N–H and O–H groups in total. The third-order valence-electron chi connectivity index (χ3n) is 5.85.